The van der Waals surface area contributed by atoms with Crippen molar-refractivity contribution in [1.29, 1.82) is 0 Å². The van der Waals surface area contributed by atoms with Crippen molar-refractivity contribution in [3.8, 4) is 22.8 Å². The number of rotatable bonds is 10. The second-order valence-electron chi connectivity index (χ2n) is 12.1. The molecule has 0 spiro atoms. The molecule has 2 aliphatic carbocycles. The zero-order chi connectivity index (χ0) is 31.8. The van der Waals surface area contributed by atoms with Gasteiger partial charge in [-0.1, -0.05) is 12.1 Å². The third kappa shape index (κ3) is 7.09. The van der Waals surface area contributed by atoms with Crippen LogP contribution < -0.4 is 20.1 Å². The fourth-order valence-electron chi connectivity index (χ4n) is 6.28. The van der Waals surface area contributed by atoms with Gasteiger partial charge in [0.2, 0.25) is 5.95 Å². The quantitative estimate of drug-likeness (QED) is 0.327. The van der Waals surface area contributed by atoms with Crippen LogP contribution in [0.3, 0.4) is 0 Å². The van der Waals surface area contributed by atoms with Crippen molar-refractivity contribution in [2.45, 2.75) is 51.7 Å². The van der Waals surface area contributed by atoms with Gasteiger partial charge in [-0.25, -0.2) is 4.98 Å². The zero-order valence-electron chi connectivity index (χ0n) is 25.0. The highest BCUT2D eigenvalue weighted by atomic mass is 19.4. The number of ether oxygens (including phenoxy) is 3. The van der Waals surface area contributed by atoms with Crippen LogP contribution in [-0.2, 0) is 29.0 Å². The maximum atomic E-state index is 12.4. The number of aryl methyl sites for hydroxylation is 1. The topological polar surface area (TPSA) is 123 Å². The number of halogens is 3. The summed E-state index contributed by atoms with van der Waals surface area (Å²) in [6.45, 7) is 6.66. The van der Waals surface area contributed by atoms with Crippen LogP contribution >= 0.6 is 0 Å². The van der Waals surface area contributed by atoms with Gasteiger partial charge in [0, 0.05) is 43.9 Å². The molecule has 2 fully saturated rings. The van der Waals surface area contributed by atoms with Crippen LogP contribution in [0.25, 0.3) is 11.3 Å². The smallest absolute Gasteiger partial charge is 0.489 e. The van der Waals surface area contributed by atoms with Crippen molar-refractivity contribution in [3.05, 3.63) is 59.2 Å². The van der Waals surface area contributed by atoms with Gasteiger partial charge < -0.3 is 30.0 Å². The molecule has 45 heavy (non-hydrogen) atoms. The molecule has 2 aromatic carbocycles. The molecule has 0 amide bonds. The van der Waals surface area contributed by atoms with E-state index in [2.05, 4.69) is 24.5 Å². The Morgan fingerprint density at radius 1 is 1.04 bits per heavy atom. The van der Waals surface area contributed by atoms with Gasteiger partial charge in [0.15, 0.2) is 0 Å². The molecule has 3 N–H and O–H groups in total. The Balaban J connectivity index is 1.04. The van der Waals surface area contributed by atoms with Gasteiger partial charge in [-0.3, -0.25) is 9.69 Å². The zero-order valence-corrected chi connectivity index (χ0v) is 25.0. The fourth-order valence-corrected chi connectivity index (χ4v) is 6.28. The van der Waals surface area contributed by atoms with E-state index in [1.165, 1.54) is 24.3 Å². The number of fused-ring (bicyclic) bond motifs is 3. The van der Waals surface area contributed by atoms with Crippen molar-refractivity contribution in [1.82, 2.24) is 14.9 Å². The standard InChI is InChI=1S/C32H36F3N5O5/c1-31(29(41)42)17-24(18-31)43-15-14-39-10-12-40(13-11-39)28-26-8-4-21-16-23(7-9-25(21)27(26)37-30(36)38-28)44-19-20-2-5-22(6-3-20)45-32(33,34)35/h2-3,5-7,9,16,24H,4,8,10-15,17-19H2,1H3,(H,41,42)(H2,36,37,38). The van der Waals surface area contributed by atoms with Crippen molar-refractivity contribution in [2.75, 3.05) is 50.0 Å². The summed E-state index contributed by atoms with van der Waals surface area (Å²) < 4.78 is 53.0. The van der Waals surface area contributed by atoms with E-state index in [1.807, 2.05) is 18.2 Å². The lowest BCUT2D eigenvalue weighted by Gasteiger charge is -2.42. The third-order valence-corrected chi connectivity index (χ3v) is 8.85. The molecule has 1 saturated heterocycles. The Kier molecular flexibility index (Phi) is 8.49. The molecule has 3 aliphatic rings. The van der Waals surface area contributed by atoms with Crippen molar-refractivity contribution < 1.29 is 37.3 Å². The van der Waals surface area contributed by atoms with Gasteiger partial charge in [-0.15, -0.1) is 13.2 Å². The highest BCUT2D eigenvalue weighted by Crippen LogP contribution is 2.42. The lowest BCUT2D eigenvalue weighted by atomic mass is 9.68. The number of carboxylic acids is 1. The highest BCUT2D eigenvalue weighted by molar-refractivity contribution is 5.76. The molecule has 0 radical (unpaired) electrons. The van der Waals surface area contributed by atoms with Crippen LogP contribution in [-0.4, -0.2) is 77.7 Å². The minimum atomic E-state index is -4.73. The molecule has 10 nitrogen and oxygen atoms in total. The predicted molar refractivity (Wildman–Crippen MR) is 160 cm³/mol. The van der Waals surface area contributed by atoms with Crippen molar-refractivity contribution in [2.24, 2.45) is 5.41 Å². The number of benzene rings is 2. The Morgan fingerprint density at radius 3 is 2.44 bits per heavy atom. The Hall–Kier alpha value is -4.10. The van der Waals surface area contributed by atoms with E-state index in [9.17, 15) is 23.1 Å². The van der Waals surface area contributed by atoms with Gasteiger partial charge in [-0.05, 0) is 74.1 Å². The summed E-state index contributed by atoms with van der Waals surface area (Å²) in [5.41, 5.74) is 10.2. The predicted octanol–water partition coefficient (Wildman–Crippen LogP) is 4.69. The molecule has 1 saturated carbocycles. The summed E-state index contributed by atoms with van der Waals surface area (Å²) in [5, 5.41) is 9.28. The molecule has 0 atom stereocenters. The molecular weight excluding hydrogens is 591 g/mol. The first-order valence-electron chi connectivity index (χ1n) is 15.1. The minimum absolute atomic E-state index is 0.0240. The molecule has 3 aromatic rings. The van der Waals surface area contributed by atoms with Gasteiger partial charge in [0.25, 0.3) is 0 Å². The largest absolute Gasteiger partial charge is 0.573 e. The van der Waals surface area contributed by atoms with E-state index < -0.39 is 17.7 Å². The number of nitrogen functional groups attached to an aromatic ring is 1. The van der Waals surface area contributed by atoms with E-state index in [-0.39, 0.29) is 24.4 Å². The van der Waals surface area contributed by atoms with Crippen LogP contribution in [0.5, 0.6) is 11.5 Å². The number of piperazine rings is 1. The summed E-state index contributed by atoms with van der Waals surface area (Å²) in [6, 6.07) is 11.4. The number of nitrogens with two attached hydrogens (primary N) is 1. The average molecular weight is 628 g/mol. The van der Waals surface area contributed by atoms with E-state index in [0.29, 0.717) is 30.8 Å². The summed E-state index contributed by atoms with van der Waals surface area (Å²) >= 11 is 0. The van der Waals surface area contributed by atoms with E-state index in [0.717, 1.165) is 73.8 Å². The lowest BCUT2D eigenvalue weighted by molar-refractivity contribution is -0.274. The third-order valence-electron chi connectivity index (χ3n) is 8.85. The number of anilines is 2. The molecule has 1 aliphatic heterocycles. The summed E-state index contributed by atoms with van der Waals surface area (Å²) in [7, 11) is 0. The van der Waals surface area contributed by atoms with Crippen LogP contribution in [0.2, 0.25) is 0 Å². The first-order chi connectivity index (χ1) is 21.5. The maximum absolute atomic E-state index is 12.4. The molecule has 2 heterocycles. The van der Waals surface area contributed by atoms with Gasteiger partial charge in [-0.2, -0.15) is 4.98 Å². The van der Waals surface area contributed by atoms with E-state index in [1.54, 1.807) is 6.92 Å². The Labute approximate surface area is 258 Å². The SMILES string of the molecule is CC1(C(=O)O)CC(OCCN2CCN(c3nc(N)nc4c3CCc3cc(OCc5ccc(OC(F)(F)F)cc5)ccc3-4)CC2)C1. The van der Waals surface area contributed by atoms with Crippen LogP contribution in [0.4, 0.5) is 24.9 Å². The number of aliphatic carboxylic acids is 1. The first kappa shape index (κ1) is 30.9. The molecule has 13 heteroatoms. The Morgan fingerprint density at radius 2 is 1.76 bits per heavy atom. The van der Waals surface area contributed by atoms with Crippen LogP contribution in [0.15, 0.2) is 42.5 Å². The lowest BCUT2D eigenvalue weighted by Crippen LogP contribution is -2.49. The number of carboxylic acid groups (broad SMARTS) is 1. The summed E-state index contributed by atoms with van der Waals surface area (Å²) in [5.74, 6) is 0.725. The molecule has 0 bridgehead atoms. The van der Waals surface area contributed by atoms with E-state index in [4.69, 9.17) is 15.2 Å². The monoisotopic (exact) mass is 627 g/mol. The van der Waals surface area contributed by atoms with Crippen LogP contribution in [0, 0.1) is 5.41 Å². The normalized spacial score (nSPS) is 21.4. The molecule has 6 rings (SSSR count). The first-order valence-corrected chi connectivity index (χ1v) is 15.1. The second kappa shape index (κ2) is 12.4. The average Bonchev–Trinajstić information content (AvgIpc) is 2.98. The van der Waals surface area contributed by atoms with Gasteiger partial charge in [0.1, 0.15) is 23.9 Å². The molecular formula is C32H36F3N5O5. The summed E-state index contributed by atoms with van der Waals surface area (Å²) in [6.07, 6.45) is -2.04. The summed E-state index contributed by atoms with van der Waals surface area (Å²) in [4.78, 5) is 25.2. The fraction of sp³-hybridized carbons (Fsp3) is 0.469. The van der Waals surface area contributed by atoms with Crippen molar-refractivity contribution in [3.63, 3.8) is 0 Å². The maximum Gasteiger partial charge on any atom is 0.573 e. The number of alkyl halides is 3. The molecule has 0 unspecified atom stereocenters. The minimum Gasteiger partial charge on any atom is -0.489 e. The molecule has 240 valence electrons. The highest BCUT2D eigenvalue weighted by Gasteiger charge is 2.47. The second-order valence-corrected chi connectivity index (χ2v) is 12.1. The number of hydrogen-bond acceptors (Lipinski definition) is 9. The van der Waals surface area contributed by atoms with Crippen LogP contribution in [0.1, 0.15) is 36.5 Å². The van der Waals surface area contributed by atoms with Gasteiger partial charge in [0.05, 0.1) is 23.8 Å². The van der Waals surface area contributed by atoms with Crippen molar-refractivity contribution >= 4 is 17.7 Å². The van der Waals surface area contributed by atoms with Gasteiger partial charge >= 0.3 is 12.3 Å². The Bertz CT molecular complexity index is 1540. The number of nitrogens with zero attached hydrogens (tertiary/aromatic N) is 4. The molecule has 1 aromatic heterocycles. The number of carbonyl (C=O) groups is 1. The number of aromatic nitrogens is 2. The van der Waals surface area contributed by atoms with E-state index >= 15 is 0 Å². The number of hydrogen-bond donors (Lipinski definition) is 2.